The van der Waals surface area contributed by atoms with Crippen molar-refractivity contribution in [1.82, 2.24) is 25.1 Å². The van der Waals surface area contributed by atoms with Gasteiger partial charge >= 0.3 is 12.0 Å². The van der Waals surface area contributed by atoms with Crippen LogP contribution < -0.4 is 9.47 Å². The summed E-state index contributed by atoms with van der Waals surface area (Å²) < 4.78 is 12.1. The zero-order valence-corrected chi connectivity index (χ0v) is 20.6. The predicted molar refractivity (Wildman–Crippen MR) is 116 cm³/mol. The van der Waals surface area contributed by atoms with Gasteiger partial charge in [0.25, 0.3) is 0 Å². The van der Waals surface area contributed by atoms with E-state index < -0.39 is 22.2 Å². The van der Waals surface area contributed by atoms with Gasteiger partial charge in [-0.25, -0.2) is 0 Å². The van der Waals surface area contributed by atoms with Crippen LogP contribution in [0.1, 0.15) is 81.1 Å². The third-order valence-corrected chi connectivity index (χ3v) is 6.48. The molecule has 3 rings (SSSR count). The van der Waals surface area contributed by atoms with Crippen molar-refractivity contribution in [3.05, 3.63) is 5.28 Å². The van der Waals surface area contributed by atoms with Crippen LogP contribution in [0.4, 0.5) is 0 Å². The highest BCUT2D eigenvalue weighted by Gasteiger charge is 2.47. The van der Waals surface area contributed by atoms with Gasteiger partial charge in [0.05, 0.1) is 0 Å². The van der Waals surface area contributed by atoms with E-state index in [0.717, 1.165) is 0 Å². The van der Waals surface area contributed by atoms with Gasteiger partial charge < -0.3 is 19.9 Å². The van der Waals surface area contributed by atoms with E-state index in [1.807, 2.05) is 55.4 Å². The van der Waals surface area contributed by atoms with Gasteiger partial charge in [-0.05, 0) is 67.0 Å². The van der Waals surface area contributed by atoms with Gasteiger partial charge in [-0.1, -0.05) is 0 Å². The second-order valence-electron chi connectivity index (χ2n) is 11.3. The first-order chi connectivity index (χ1) is 14.0. The van der Waals surface area contributed by atoms with E-state index in [0.29, 0.717) is 25.7 Å². The largest absolute Gasteiger partial charge is 0.460 e. The van der Waals surface area contributed by atoms with E-state index in [4.69, 9.17) is 21.1 Å². The summed E-state index contributed by atoms with van der Waals surface area (Å²) in [6, 6.07) is 0.215. The van der Waals surface area contributed by atoms with Crippen molar-refractivity contribution in [3.8, 4) is 12.0 Å². The van der Waals surface area contributed by atoms with E-state index in [1.54, 1.807) is 0 Å². The minimum Gasteiger partial charge on any atom is -0.460 e. The van der Waals surface area contributed by atoms with Crippen LogP contribution in [-0.2, 0) is 0 Å². The summed E-state index contributed by atoms with van der Waals surface area (Å²) in [5, 5.41) is 23.8. The van der Waals surface area contributed by atoms with Gasteiger partial charge in [0.2, 0.25) is 5.28 Å². The van der Waals surface area contributed by atoms with Crippen LogP contribution in [-0.4, -0.2) is 69.9 Å². The van der Waals surface area contributed by atoms with Gasteiger partial charge in [-0.3, -0.25) is 0 Å². The zero-order chi connectivity index (χ0) is 23.4. The Morgan fingerprint density at radius 2 is 0.968 bits per heavy atom. The quantitative estimate of drug-likeness (QED) is 0.691. The maximum absolute atomic E-state index is 10.5. The van der Waals surface area contributed by atoms with E-state index in [2.05, 4.69) is 15.0 Å². The molecule has 1 aromatic heterocycles. The van der Waals surface area contributed by atoms with Gasteiger partial charge in [-0.15, -0.1) is 4.98 Å². The number of hydrogen-bond acceptors (Lipinski definition) is 9. The first-order valence-electron chi connectivity index (χ1n) is 10.8. The molecule has 2 saturated heterocycles. The molecule has 176 valence electrons. The Kier molecular flexibility index (Phi) is 6.25. The molecule has 0 saturated carbocycles. The summed E-state index contributed by atoms with van der Waals surface area (Å²) >= 11 is 6.14. The Hall–Kier alpha value is -1.26. The first kappa shape index (κ1) is 24.4. The van der Waals surface area contributed by atoms with Gasteiger partial charge in [0, 0.05) is 47.8 Å². The Balaban J connectivity index is 1.75. The molecule has 0 aliphatic carbocycles. The summed E-state index contributed by atoms with van der Waals surface area (Å²) in [6.45, 7) is 15.7. The summed E-state index contributed by atoms with van der Waals surface area (Å²) in [7, 11) is 0. The smallest absolute Gasteiger partial charge is 0.324 e. The van der Waals surface area contributed by atoms with Crippen LogP contribution in [0.25, 0.3) is 0 Å². The Labute approximate surface area is 189 Å². The highest BCUT2D eigenvalue weighted by molar-refractivity contribution is 6.28. The second-order valence-corrected chi connectivity index (χ2v) is 11.7. The molecule has 1 aromatic rings. The van der Waals surface area contributed by atoms with Crippen molar-refractivity contribution in [2.75, 3.05) is 0 Å². The average Bonchev–Trinajstić information content (AvgIpc) is 2.56. The maximum Gasteiger partial charge on any atom is 0.324 e. The van der Waals surface area contributed by atoms with Crippen LogP contribution in [0.15, 0.2) is 0 Å². The fourth-order valence-electron chi connectivity index (χ4n) is 5.24. The predicted octanol–water partition coefficient (Wildman–Crippen LogP) is 4.10. The van der Waals surface area contributed by atoms with Crippen LogP contribution in [0.3, 0.4) is 0 Å². The van der Waals surface area contributed by atoms with Crippen LogP contribution in [0.5, 0.6) is 12.0 Å². The maximum atomic E-state index is 10.5. The van der Waals surface area contributed by atoms with E-state index in [1.165, 1.54) is 10.1 Å². The third-order valence-electron chi connectivity index (χ3n) is 6.31. The number of rotatable bonds is 4. The molecule has 2 aliphatic rings. The molecule has 0 unspecified atom stereocenters. The lowest BCUT2D eigenvalue weighted by Crippen LogP contribution is -2.61. The van der Waals surface area contributed by atoms with Crippen LogP contribution in [0.2, 0.25) is 5.28 Å². The standard InChI is InChI=1S/C21H36ClN5O4/c1-18(2)9-13(10-19(3,4)26(18)28)30-16-23-15(22)24-17(25-16)31-14-11-20(5,6)27(29)21(7,8)12-14/h13-14,28-29H,9-12H2,1-8H3. The van der Waals surface area contributed by atoms with Crippen molar-refractivity contribution < 1.29 is 19.9 Å². The van der Waals surface area contributed by atoms with Gasteiger partial charge in [0.15, 0.2) is 0 Å². The first-order valence-corrected chi connectivity index (χ1v) is 11.1. The Bertz CT molecular complexity index is 719. The number of ether oxygens (including phenoxy) is 2. The Morgan fingerprint density at radius 3 is 1.26 bits per heavy atom. The van der Waals surface area contributed by atoms with Crippen LogP contribution >= 0.6 is 11.6 Å². The summed E-state index contributed by atoms with van der Waals surface area (Å²) in [5.74, 6) is 0. The zero-order valence-electron chi connectivity index (χ0n) is 19.8. The van der Waals surface area contributed by atoms with Crippen LogP contribution in [0, 0.1) is 0 Å². The lowest BCUT2D eigenvalue weighted by Gasteiger charge is -2.51. The summed E-state index contributed by atoms with van der Waals surface area (Å²) in [5.41, 5.74) is -1.84. The lowest BCUT2D eigenvalue weighted by atomic mass is 9.80. The molecule has 0 spiro atoms. The SMILES string of the molecule is CC1(C)CC(Oc2nc(Cl)nc(OC3CC(C)(C)N(O)C(C)(C)C3)n2)CC(C)(C)N1O. The fraction of sp³-hybridized carbons (Fsp3) is 0.857. The number of hydrogen-bond donors (Lipinski definition) is 2. The lowest BCUT2D eigenvalue weighted by molar-refractivity contribution is -0.255. The minimum atomic E-state index is -0.460. The molecule has 0 amide bonds. The molecular weight excluding hydrogens is 422 g/mol. The molecule has 10 heteroatoms. The third kappa shape index (κ3) is 5.22. The monoisotopic (exact) mass is 457 g/mol. The molecule has 31 heavy (non-hydrogen) atoms. The van der Waals surface area contributed by atoms with Crippen molar-refractivity contribution in [2.24, 2.45) is 0 Å². The molecule has 2 fully saturated rings. The molecule has 0 radical (unpaired) electrons. The molecule has 3 heterocycles. The van der Waals surface area contributed by atoms with E-state index in [-0.39, 0.29) is 29.5 Å². The normalized spacial score (nSPS) is 26.5. The summed E-state index contributed by atoms with van der Waals surface area (Å²) in [6.07, 6.45) is 2.01. The molecule has 0 aromatic carbocycles. The summed E-state index contributed by atoms with van der Waals surface area (Å²) in [4.78, 5) is 12.6. The van der Waals surface area contributed by atoms with Crippen molar-refractivity contribution in [3.63, 3.8) is 0 Å². The minimum absolute atomic E-state index is 0.00349. The molecule has 2 aliphatic heterocycles. The van der Waals surface area contributed by atoms with Crippen molar-refractivity contribution in [2.45, 2.75) is 115 Å². The fourth-order valence-corrected chi connectivity index (χ4v) is 5.39. The van der Waals surface area contributed by atoms with Crippen molar-refractivity contribution in [1.29, 1.82) is 0 Å². The van der Waals surface area contributed by atoms with E-state index in [9.17, 15) is 10.4 Å². The highest BCUT2D eigenvalue weighted by Crippen LogP contribution is 2.39. The molecule has 0 atom stereocenters. The average molecular weight is 458 g/mol. The van der Waals surface area contributed by atoms with Gasteiger partial charge in [-0.2, -0.15) is 20.1 Å². The van der Waals surface area contributed by atoms with E-state index >= 15 is 0 Å². The number of nitrogens with zero attached hydrogens (tertiary/aromatic N) is 5. The van der Waals surface area contributed by atoms with Gasteiger partial charge in [0.1, 0.15) is 12.2 Å². The number of hydroxylamine groups is 4. The molecule has 0 bridgehead atoms. The number of aromatic nitrogens is 3. The highest BCUT2D eigenvalue weighted by atomic mass is 35.5. The topological polar surface area (TPSA) is 104 Å². The number of halogens is 1. The molecule has 2 N–H and O–H groups in total. The molecule has 9 nitrogen and oxygen atoms in total. The Morgan fingerprint density at radius 1 is 0.677 bits per heavy atom. The molecular formula is C21H36ClN5O4. The number of piperidine rings is 2. The van der Waals surface area contributed by atoms with Crippen molar-refractivity contribution >= 4 is 11.6 Å². The second kappa shape index (κ2) is 7.95.